The van der Waals surface area contributed by atoms with Gasteiger partial charge in [0.25, 0.3) is 5.91 Å². The molecule has 0 aliphatic carbocycles. The Balaban J connectivity index is 1.63. The van der Waals surface area contributed by atoms with Crippen molar-refractivity contribution in [3.8, 4) is 28.4 Å². The van der Waals surface area contributed by atoms with Crippen LogP contribution in [0.25, 0.3) is 11.1 Å². The summed E-state index contributed by atoms with van der Waals surface area (Å²) in [4.78, 5) is 24.7. The topological polar surface area (TPSA) is 85.9 Å². The second-order valence-corrected chi connectivity index (χ2v) is 6.83. The first-order valence-electron chi connectivity index (χ1n) is 10.2. The van der Waals surface area contributed by atoms with Crippen LogP contribution >= 0.6 is 0 Å². The molecule has 7 nitrogen and oxygen atoms in total. The quantitative estimate of drug-likeness (QED) is 0.529. The molecule has 0 atom stereocenters. The fraction of sp³-hybridized carbons (Fsp3) is 0.200. The number of methoxy groups -OCH3 is 2. The molecule has 0 bridgehead atoms. The van der Waals surface area contributed by atoms with Crippen LogP contribution in [-0.2, 0) is 4.79 Å². The maximum absolute atomic E-state index is 12.4. The molecule has 7 heteroatoms. The molecule has 0 saturated carbocycles. The summed E-state index contributed by atoms with van der Waals surface area (Å²) < 4.78 is 16.0. The first kappa shape index (κ1) is 22.7. The van der Waals surface area contributed by atoms with Crippen molar-refractivity contribution in [2.75, 3.05) is 32.7 Å². The third kappa shape index (κ3) is 5.78. The predicted molar refractivity (Wildman–Crippen MR) is 124 cm³/mol. The van der Waals surface area contributed by atoms with E-state index in [1.807, 2.05) is 37.3 Å². The number of ether oxygens (including phenoxy) is 3. The molecule has 32 heavy (non-hydrogen) atoms. The van der Waals surface area contributed by atoms with Crippen LogP contribution in [0.3, 0.4) is 0 Å². The van der Waals surface area contributed by atoms with Crippen LogP contribution in [0, 0.1) is 0 Å². The Hall–Kier alpha value is -4.00. The van der Waals surface area contributed by atoms with Gasteiger partial charge in [0, 0.05) is 16.8 Å². The van der Waals surface area contributed by atoms with Gasteiger partial charge in [-0.2, -0.15) is 0 Å². The van der Waals surface area contributed by atoms with E-state index < -0.39 is 0 Å². The molecule has 0 aliphatic heterocycles. The summed E-state index contributed by atoms with van der Waals surface area (Å²) in [5, 5.41) is 5.43. The zero-order valence-electron chi connectivity index (χ0n) is 18.3. The van der Waals surface area contributed by atoms with E-state index >= 15 is 0 Å². The molecule has 166 valence electrons. The van der Waals surface area contributed by atoms with E-state index in [0.717, 1.165) is 16.9 Å². The predicted octanol–water partition coefficient (Wildman–Crippen LogP) is 4.14. The highest BCUT2D eigenvalue weighted by Gasteiger charge is 2.11. The van der Waals surface area contributed by atoms with Crippen molar-refractivity contribution in [3.63, 3.8) is 0 Å². The van der Waals surface area contributed by atoms with Crippen molar-refractivity contribution >= 4 is 17.5 Å². The van der Waals surface area contributed by atoms with Gasteiger partial charge in [0.05, 0.1) is 27.4 Å². The Morgan fingerprint density at radius 2 is 1.53 bits per heavy atom. The average molecular weight is 434 g/mol. The number of amides is 2. The number of hydrogen-bond acceptors (Lipinski definition) is 5. The van der Waals surface area contributed by atoms with E-state index in [-0.39, 0.29) is 18.4 Å². The molecule has 3 rings (SSSR count). The molecule has 3 aromatic rings. The summed E-state index contributed by atoms with van der Waals surface area (Å²) in [5.74, 6) is 1.44. The van der Waals surface area contributed by atoms with Crippen molar-refractivity contribution in [2.45, 2.75) is 6.92 Å². The van der Waals surface area contributed by atoms with E-state index in [1.165, 1.54) is 0 Å². The molecule has 3 aromatic carbocycles. The number of benzene rings is 3. The molecule has 0 radical (unpaired) electrons. The SMILES string of the molecule is CCOc1ccc(C(=O)NCC(=O)Nc2ccc(OC)c(-c3ccc(OC)cc3)c2)cc1. The van der Waals surface area contributed by atoms with Crippen molar-refractivity contribution in [1.29, 1.82) is 0 Å². The summed E-state index contributed by atoms with van der Waals surface area (Å²) in [7, 11) is 3.21. The Labute approximate surface area is 187 Å². The van der Waals surface area contributed by atoms with Crippen LogP contribution in [0.1, 0.15) is 17.3 Å². The number of carbonyl (C=O) groups excluding carboxylic acids is 2. The van der Waals surface area contributed by atoms with Gasteiger partial charge in [0.2, 0.25) is 5.91 Å². The fourth-order valence-corrected chi connectivity index (χ4v) is 3.12. The zero-order chi connectivity index (χ0) is 22.9. The summed E-state index contributed by atoms with van der Waals surface area (Å²) in [6.07, 6.45) is 0. The molecule has 0 aromatic heterocycles. The van der Waals surface area contributed by atoms with Crippen LogP contribution in [0.4, 0.5) is 5.69 Å². The monoisotopic (exact) mass is 434 g/mol. The molecule has 2 N–H and O–H groups in total. The maximum Gasteiger partial charge on any atom is 0.251 e. The normalized spacial score (nSPS) is 10.2. The molecule has 0 aliphatic rings. The van der Waals surface area contributed by atoms with E-state index in [0.29, 0.717) is 29.4 Å². The smallest absolute Gasteiger partial charge is 0.251 e. The lowest BCUT2D eigenvalue weighted by atomic mass is 10.0. The zero-order valence-corrected chi connectivity index (χ0v) is 18.3. The molecule has 0 unspecified atom stereocenters. The van der Waals surface area contributed by atoms with Crippen LogP contribution in [0.15, 0.2) is 66.7 Å². The molecule has 0 fully saturated rings. The second-order valence-electron chi connectivity index (χ2n) is 6.83. The second kappa shape index (κ2) is 10.9. The van der Waals surface area contributed by atoms with Crippen molar-refractivity contribution in [1.82, 2.24) is 5.32 Å². The lowest BCUT2D eigenvalue weighted by Gasteiger charge is -2.13. The van der Waals surface area contributed by atoms with E-state index in [2.05, 4.69) is 10.6 Å². The van der Waals surface area contributed by atoms with Gasteiger partial charge in [-0.3, -0.25) is 9.59 Å². The van der Waals surface area contributed by atoms with Gasteiger partial charge < -0.3 is 24.8 Å². The van der Waals surface area contributed by atoms with E-state index in [1.54, 1.807) is 50.6 Å². The highest BCUT2D eigenvalue weighted by molar-refractivity contribution is 5.99. The van der Waals surface area contributed by atoms with Gasteiger partial charge in [-0.1, -0.05) is 12.1 Å². The van der Waals surface area contributed by atoms with Gasteiger partial charge in [0.1, 0.15) is 17.2 Å². The molecule has 2 amide bonds. The Kier molecular flexibility index (Phi) is 7.70. The van der Waals surface area contributed by atoms with Gasteiger partial charge in [0.15, 0.2) is 0 Å². The minimum atomic E-state index is -0.338. The summed E-state index contributed by atoms with van der Waals surface area (Å²) in [6, 6.07) is 19.7. The van der Waals surface area contributed by atoms with Crippen LogP contribution < -0.4 is 24.8 Å². The first-order chi connectivity index (χ1) is 15.5. The van der Waals surface area contributed by atoms with Crippen LogP contribution in [0.2, 0.25) is 0 Å². The molecule has 0 spiro atoms. The highest BCUT2D eigenvalue weighted by Crippen LogP contribution is 2.33. The summed E-state index contributed by atoms with van der Waals surface area (Å²) in [5.41, 5.74) is 2.79. The van der Waals surface area contributed by atoms with Gasteiger partial charge in [-0.25, -0.2) is 0 Å². The Bertz CT molecular complexity index is 1060. The minimum absolute atomic E-state index is 0.157. The van der Waals surface area contributed by atoms with Gasteiger partial charge in [-0.15, -0.1) is 0 Å². The Morgan fingerprint density at radius 3 is 2.16 bits per heavy atom. The van der Waals surface area contributed by atoms with Crippen molar-refractivity contribution in [3.05, 3.63) is 72.3 Å². The van der Waals surface area contributed by atoms with Crippen molar-refractivity contribution < 1.29 is 23.8 Å². The lowest BCUT2D eigenvalue weighted by Crippen LogP contribution is -2.32. The molecule has 0 saturated heterocycles. The maximum atomic E-state index is 12.4. The summed E-state index contributed by atoms with van der Waals surface area (Å²) in [6.45, 7) is 2.29. The third-order valence-corrected chi connectivity index (χ3v) is 4.72. The minimum Gasteiger partial charge on any atom is -0.497 e. The number of carbonyl (C=O) groups is 2. The number of nitrogens with one attached hydrogen (secondary N) is 2. The number of rotatable bonds is 9. The summed E-state index contributed by atoms with van der Waals surface area (Å²) >= 11 is 0. The fourth-order valence-electron chi connectivity index (χ4n) is 3.12. The van der Waals surface area contributed by atoms with Crippen LogP contribution in [0.5, 0.6) is 17.2 Å². The largest absolute Gasteiger partial charge is 0.497 e. The molecular formula is C25H26N2O5. The molecular weight excluding hydrogens is 408 g/mol. The third-order valence-electron chi connectivity index (χ3n) is 4.72. The van der Waals surface area contributed by atoms with Crippen molar-refractivity contribution in [2.24, 2.45) is 0 Å². The average Bonchev–Trinajstić information content (AvgIpc) is 2.83. The number of anilines is 1. The van der Waals surface area contributed by atoms with Gasteiger partial charge >= 0.3 is 0 Å². The van der Waals surface area contributed by atoms with E-state index in [4.69, 9.17) is 14.2 Å². The number of hydrogen-bond donors (Lipinski definition) is 2. The highest BCUT2D eigenvalue weighted by atomic mass is 16.5. The standard InChI is InChI=1S/C25H26N2O5/c1-4-32-21-12-7-18(8-13-21)25(29)26-16-24(28)27-19-9-14-23(31-3)22(15-19)17-5-10-20(30-2)11-6-17/h5-15H,4,16H2,1-3H3,(H,26,29)(H,27,28). The molecule has 0 heterocycles. The van der Waals surface area contributed by atoms with Crippen LogP contribution in [-0.4, -0.2) is 39.2 Å². The van der Waals surface area contributed by atoms with Gasteiger partial charge in [-0.05, 0) is 67.1 Å². The first-order valence-corrected chi connectivity index (χ1v) is 10.2. The van der Waals surface area contributed by atoms with E-state index in [9.17, 15) is 9.59 Å². The lowest BCUT2D eigenvalue weighted by molar-refractivity contribution is -0.115. The Morgan fingerprint density at radius 1 is 0.844 bits per heavy atom.